The number of nitrogens with zero attached hydrogens (tertiary/aromatic N) is 1. The smallest absolute Gasteiger partial charge is 0.316 e. The number of hydrogen-bond donors (Lipinski definition) is 2. The predicted molar refractivity (Wildman–Crippen MR) is 95.4 cm³/mol. The second-order valence-corrected chi connectivity index (χ2v) is 8.01. The SMILES string of the molecule is O=C(NCC1(O)CCCCCC1)C(=O)N1CC2(CC2)c2ccccc21. The maximum atomic E-state index is 12.7. The average Bonchev–Trinajstić information content (AvgIpc) is 3.36. The van der Waals surface area contributed by atoms with Crippen LogP contribution >= 0.6 is 0 Å². The Balaban J connectivity index is 1.42. The molecule has 1 aliphatic heterocycles. The first-order valence-electron chi connectivity index (χ1n) is 9.45. The fourth-order valence-corrected chi connectivity index (χ4v) is 4.40. The molecule has 3 aliphatic rings. The van der Waals surface area contributed by atoms with Crippen molar-refractivity contribution in [2.24, 2.45) is 0 Å². The summed E-state index contributed by atoms with van der Waals surface area (Å²) in [7, 11) is 0. The number of carbonyl (C=O) groups is 2. The highest BCUT2D eigenvalue weighted by Crippen LogP contribution is 2.56. The van der Waals surface area contributed by atoms with Crippen molar-refractivity contribution in [3.8, 4) is 0 Å². The molecule has 5 heteroatoms. The number of aliphatic hydroxyl groups is 1. The predicted octanol–water partition coefficient (Wildman–Crippen LogP) is 2.27. The zero-order valence-corrected chi connectivity index (χ0v) is 14.6. The molecule has 134 valence electrons. The number of hydrogen-bond acceptors (Lipinski definition) is 3. The topological polar surface area (TPSA) is 69.6 Å². The second-order valence-electron chi connectivity index (χ2n) is 8.01. The lowest BCUT2D eigenvalue weighted by atomic mass is 9.94. The molecule has 0 radical (unpaired) electrons. The number of anilines is 1. The number of fused-ring (bicyclic) bond motifs is 2. The number of rotatable bonds is 2. The standard InChI is InChI=1S/C20H26N2O3/c23-17(21-13-20(25)9-5-1-2-6-10-20)18(24)22-14-19(11-12-19)15-7-3-4-8-16(15)22/h3-4,7-8,25H,1-2,5-6,9-14H2,(H,21,23). The fraction of sp³-hybridized carbons (Fsp3) is 0.600. The van der Waals surface area contributed by atoms with Crippen molar-refractivity contribution in [2.45, 2.75) is 62.4 Å². The Kier molecular flexibility index (Phi) is 4.07. The summed E-state index contributed by atoms with van der Waals surface area (Å²) in [5.74, 6) is -1.11. The minimum atomic E-state index is -0.868. The van der Waals surface area contributed by atoms with Crippen LogP contribution in [0.4, 0.5) is 5.69 Å². The monoisotopic (exact) mass is 342 g/mol. The van der Waals surface area contributed by atoms with Crippen LogP contribution in [0.25, 0.3) is 0 Å². The van der Waals surface area contributed by atoms with Gasteiger partial charge in [0.15, 0.2) is 0 Å². The van der Waals surface area contributed by atoms with Gasteiger partial charge in [0.05, 0.1) is 5.60 Å². The number of nitrogens with one attached hydrogen (secondary N) is 1. The van der Waals surface area contributed by atoms with Crippen LogP contribution in [0, 0.1) is 0 Å². The molecule has 2 N–H and O–H groups in total. The lowest BCUT2D eigenvalue weighted by Crippen LogP contribution is -2.48. The van der Waals surface area contributed by atoms with E-state index in [1.165, 1.54) is 5.56 Å². The molecule has 0 unspecified atom stereocenters. The van der Waals surface area contributed by atoms with Gasteiger partial charge in [-0.1, -0.05) is 43.9 Å². The zero-order chi connectivity index (χ0) is 17.5. The van der Waals surface area contributed by atoms with E-state index in [0.29, 0.717) is 19.4 Å². The lowest BCUT2D eigenvalue weighted by Gasteiger charge is -2.27. The number of carbonyl (C=O) groups excluding carboxylic acids is 2. The van der Waals surface area contributed by atoms with Crippen molar-refractivity contribution in [1.29, 1.82) is 0 Å². The summed E-state index contributed by atoms with van der Waals surface area (Å²) >= 11 is 0. The minimum Gasteiger partial charge on any atom is -0.388 e. The normalized spacial score (nSPS) is 23.0. The summed E-state index contributed by atoms with van der Waals surface area (Å²) in [6, 6.07) is 7.90. The van der Waals surface area contributed by atoms with Gasteiger partial charge in [-0.3, -0.25) is 9.59 Å². The second kappa shape index (κ2) is 6.13. The van der Waals surface area contributed by atoms with Crippen LogP contribution in [0.15, 0.2) is 24.3 Å². The summed E-state index contributed by atoms with van der Waals surface area (Å²) in [5.41, 5.74) is 1.27. The Labute approximate surface area is 148 Å². The third-order valence-corrected chi connectivity index (χ3v) is 6.13. The van der Waals surface area contributed by atoms with Gasteiger partial charge in [0.2, 0.25) is 0 Å². The largest absolute Gasteiger partial charge is 0.388 e. The molecule has 0 atom stereocenters. The van der Waals surface area contributed by atoms with E-state index in [1.54, 1.807) is 4.90 Å². The van der Waals surface area contributed by atoms with Gasteiger partial charge >= 0.3 is 11.8 Å². The maximum Gasteiger partial charge on any atom is 0.316 e. The van der Waals surface area contributed by atoms with Gasteiger partial charge in [-0.15, -0.1) is 0 Å². The molecule has 2 saturated carbocycles. The molecule has 1 heterocycles. The average molecular weight is 342 g/mol. The van der Waals surface area contributed by atoms with E-state index in [0.717, 1.165) is 44.2 Å². The van der Waals surface area contributed by atoms with E-state index in [1.807, 2.05) is 18.2 Å². The number of para-hydroxylation sites is 1. The van der Waals surface area contributed by atoms with Gasteiger partial charge in [-0.2, -0.15) is 0 Å². The summed E-state index contributed by atoms with van der Waals surface area (Å²) < 4.78 is 0. The molecule has 1 aromatic carbocycles. The molecule has 2 amide bonds. The Morgan fingerprint density at radius 2 is 1.72 bits per heavy atom. The van der Waals surface area contributed by atoms with Crippen LogP contribution in [0.5, 0.6) is 0 Å². The van der Waals surface area contributed by atoms with E-state index in [4.69, 9.17) is 0 Å². The Morgan fingerprint density at radius 1 is 1.04 bits per heavy atom. The fourth-order valence-electron chi connectivity index (χ4n) is 4.40. The maximum absolute atomic E-state index is 12.7. The van der Waals surface area contributed by atoms with E-state index in [9.17, 15) is 14.7 Å². The van der Waals surface area contributed by atoms with Gasteiger partial charge < -0.3 is 15.3 Å². The molecule has 0 aromatic heterocycles. The van der Waals surface area contributed by atoms with E-state index < -0.39 is 17.4 Å². The Bertz CT molecular complexity index is 688. The number of benzene rings is 1. The highest BCUT2D eigenvalue weighted by molar-refractivity contribution is 6.40. The van der Waals surface area contributed by atoms with Gasteiger partial charge in [-0.05, 0) is 37.3 Å². The van der Waals surface area contributed by atoms with Crippen molar-refractivity contribution < 1.29 is 14.7 Å². The van der Waals surface area contributed by atoms with E-state index in [-0.39, 0.29) is 12.0 Å². The van der Waals surface area contributed by atoms with Crippen LogP contribution in [0.1, 0.15) is 56.9 Å². The van der Waals surface area contributed by atoms with Crippen molar-refractivity contribution in [3.05, 3.63) is 29.8 Å². The lowest BCUT2D eigenvalue weighted by molar-refractivity contribution is -0.138. The molecule has 4 rings (SSSR count). The van der Waals surface area contributed by atoms with Crippen molar-refractivity contribution in [1.82, 2.24) is 5.32 Å². The highest BCUT2D eigenvalue weighted by Gasteiger charge is 2.53. The van der Waals surface area contributed by atoms with Crippen molar-refractivity contribution in [3.63, 3.8) is 0 Å². The first-order valence-corrected chi connectivity index (χ1v) is 9.45. The third-order valence-electron chi connectivity index (χ3n) is 6.13. The van der Waals surface area contributed by atoms with Crippen LogP contribution in [-0.4, -0.2) is 35.6 Å². The summed E-state index contributed by atoms with van der Waals surface area (Å²) in [4.78, 5) is 26.7. The molecule has 2 fully saturated rings. The first kappa shape index (κ1) is 16.6. The molecule has 1 spiro atoms. The van der Waals surface area contributed by atoms with Crippen LogP contribution in [0.2, 0.25) is 0 Å². The summed E-state index contributed by atoms with van der Waals surface area (Å²) in [6.45, 7) is 0.765. The molecular weight excluding hydrogens is 316 g/mol. The molecule has 0 saturated heterocycles. The van der Waals surface area contributed by atoms with E-state index in [2.05, 4.69) is 11.4 Å². The van der Waals surface area contributed by atoms with Crippen LogP contribution in [-0.2, 0) is 15.0 Å². The Hall–Kier alpha value is -1.88. The Morgan fingerprint density at radius 3 is 2.40 bits per heavy atom. The van der Waals surface area contributed by atoms with Crippen LogP contribution < -0.4 is 10.2 Å². The molecule has 0 bridgehead atoms. The first-order chi connectivity index (χ1) is 12.0. The third kappa shape index (κ3) is 3.06. The van der Waals surface area contributed by atoms with Crippen molar-refractivity contribution in [2.75, 3.05) is 18.0 Å². The number of amides is 2. The molecule has 5 nitrogen and oxygen atoms in total. The molecule has 1 aromatic rings. The van der Waals surface area contributed by atoms with Gasteiger partial charge in [0.25, 0.3) is 0 Å². The zero-order valence-electron chi connectivity index (χ0n) is 14.6. The van der Waals surface area contributed by atoms with Gasteiger partial charge in [0, 0.05) is 24.2 Å². The van der Waals surface area contributed by atoms with Gasteiger partial charge in [-0.25, -0.2) is 0 Å². The van der Waals surface area contributed by atoms with Crippen molar-refractivity contribution >= 4 is 17.5 Å². The minimum absolute atomic E-state index is 0.0754. The summed E-state index contributed by atoms with van der Waals surface area (Å²) in [6.07, 6.45) is 7.74. The van der Waals surface area contributed by atoms with E-state index >= 15 is 0 Å². The molecular formula is C20H26N2O3. The molecule has 25 heavy (non-hydrogen) atoms. The molecule has 2 aliphatic carbocycles. The summed E-state index contributed by atoms with van der Waals surface area (Å²) in [5, 5.41) is 13.4. The highest BCUT2D eigenvalue weighted by atomic mass is 16.3. The quantitative estimate of drug-likeness (QED) is 0.640. The van der Waals surface area contributed by atoms with Gasteiger partial charge in [0.1, 0.15) is 0 Å². The van der Waals surface area contributed by atoms with Crippen LogP contribution in [0.3, 0.4) is 0 Å².